The van der Waals surface area contributed by atoms with Crippen molar-refractivity contribution in [2.45, 2.75) is 13.0 Å². The molecule has 0 bridgehead atoms. The minimum absolute atomic E-state index is 0.0179. The molecule has 1 aliphatic rings. The monoisotopic (exact) mass is 397 g/mol. The number of nitrogens with one attached hydrogen (secondary N) is 1. The second-order valence-corrected chi connectivity index (χ2v) is 8.02. The number of morpholine rings is 1. The second kappa shape index (κ2) is 7.05. The number of fused-ring (bicyclic) bond motifs is 1. The molecule has 1 aromatic carbocycles. The maximum Gasteiger partial charge on any atom is 0.235 e. The number of nitrogens with zero attached hydrogens (tertiary/aromatic N) is 3. The molecule has 1 fully saturated rings. The van der Waals surface area contributed by atoms with E-state index in [1.54, 1.807) is 12.3 Å². The van der Waals surface area contributed by atoms with Gasteiger partial charge in [-0.2, -0.15) is 9.50 Å². The summed E-state index contributed by atoms with van der Waals surface area (Å²) >= 11 is 1.48. The maximum absolute atomic E-state index is 11.0. The number of thiazole rings is 1. The number of hydrogen-bond acceptors (Lipinski definition) is 6. The van der Waals surface area contributed by atoms with E-state index in [2.05, 4.69) is 41.3 Å². The van der Waals surface area contributed by atoms with Crippen LogP contribution in [0.4, 0.5) is 0 Å². The normalized spacial score (nSPS) is 16.6. The van der Waals surface area contributed by atoms with Crippen molar-refractivity contribution in [1.82, 2.24) is 14.6 Å². The SMILES string of the molecule is Cc1cccc([C@H](c2sc3nc(-c4ccco4)nn3c2O)[NH+]2CCOCC2)c1. The van der Waals surface area contributed by atoms with Gasteiger partial charge in [0.05, 0.1) is 19.5 Å². The van der Waals surface area contributed by atoms with E-state index in [1.165, 1.54) is 31.9 Å². The Morgan fingerprint density at radius 2 is 2.07 bits per heavy atom. The third kappa shape index (κ3) is 2.99. The zero-order valence-electron chi connectivity index (χ0n) is 15.5. The average Bonchev–Trinajstić information content (AvgIpc) is 3.42. The minimum Gasteiger partial charge on any atom is -0.492 e. The first-order valence-corrected chi connectivity index (χ1v) is 10.1. The average molecular weight is 397 g/mol. The van der Waals surface area contributed by atoms with Crippen molar-refractivity contribution in [2.75, 3.05) is 26.3 Å². The van der Waals surface area contributed by atoms with Crippen LogP contribution < -0.4 is 4.90 Å². The number of aromatic nitrogens is 3. The summed E-state index contributed by atoms with van der Waals surface area (Å²) in [5, 5.41) is 15.5. The lowest BCUT2D eigenvalue weighted by Crippen LogP contribution is -3.14. The van der Waals surface area contributed by atoms with Gasteiger partial charge in [0.2, 0.25) is 16.7 Å². The quantitative estimate of drug-likeness (QED) is 0.551. The molecule has 1 atom stereocenters. The number of quaternary nitrogens is 1. The highest BCUT2D eigenvalue weighted by molar-refractivity contribution is 7.17. The molecule has 28 heavy (non-hydrogen) atoms. The summed E-state index contributed by atoms with van der Waals surface area (Å²) in [5.41, 5.74) is 2.39. The first kappa shape index (κ1) is 17.4. The van der Waals surface area contributed by atoms with Gasteiger partial charge < -0.3 is 19.2 Å². The molecule has 0 radical (unpaired) electrons. The summed E-state index contributed by atoms with van der Waals surface area (Å²) in [6.45, 7) is 5.32. The zero-order valence-corrected chi connectivity index (χ0v) is 16.3. The highest BCUT2D eigenvalue weighted by Gasteiger charge is 2.34. The van der Waals surface area contributed by atoms with Gasteiger partial charge in [-0.1, -0.05) is 35.1 Å². The van der Waals surface area contributed by atoms with Crippen LogP contribution in [0.3, 0.4) is 0 Å². The van der Waals surface area contributed by atoms with Crippen LogP contribution in [0.25, 0.3) is 16.5 Å². The maximum atomic E-state index is 11.0. The van der Waals surface area contributed by atoms with Crippen LogP contribution in [0, 0.1) is 6.92 Å². The molecule has 3 aromatic heterocycles. The van der Waals surface area contributed by atoms with Crippen molar-refractivity contribution in [3.05, 3.63) is 58.7 Å². The molecular weight excluding hydrogens is 376 g/mol. The van der Waals surface area contributed by atoms with Gasteiger partial charge in [0.1, 0.15) is 18.0 Å². The molecule has 8 heteroatoms. The molecule has 0 saturated carbocycles. The van der Waals surface area contributed by atoms with Gasteiger partial charge in [-0.3, -0.25) is 0 Å². The molecule has 144 valence electrons. The molecule has 5 rings (SSSR count). The first-order valence-electron chi connectivity index (χ1n) is 9.32. The Bertz CT molecular complexity index is 1100. The fraction of sp³-hybridized carbons (Fsp3) is 0.300. The van der Waals surface area contributed by atoms with Crippen LogP contribution in [0.15, 0.2) is 47.1 Å². The van der Waals surface area contributed by atoms with Gasteiger partial charge in [-0.25, -0.2) is 0 Å². The standard InChI is InChI=1S/C20H20N4O3S/c1-13-4-2-5-14(12-13)16(23-7-10-26-11-8-23)17-19(25)24-20(28-17)21-18(22-24)15-6-3-9-27-15/h2-6,9,12,16,25H,7-8,10-11H2,1H3/p+1/t16-/m1/s1. The van der Waals surface area contributed by atoms with Gasteiger partial charge in [0, 0.05) is 5.56 Å². The fourth-order valence-corrected chi connectivity index (χ4v) is 4.93. The predicted octanol–water partition coefficient (Wildman–Crippen LogP) is 2.07. The van der Waals surface area contributed by atoms with E-state index in [9.17, 15) is 5.11 Å². The van der Waals surface area contributed by atoms with Crippen LogP contribution >= 0.6 is 11.3 Å². The van der Waals surface area contributed by atoms with Gasteiger partial charge in [0.15, 0.2) is 11.8 Å². The molecule has 4 heterocycles. The lowest BCUT2D eigenvalue weighted by Gasteiger charge is -2.31. The highest BCUT2D eigenvalue weighted by Crippen LogP contribution is 2.36. The lowest BCUT2D eigenvalue weighted by molar-refractivity contribution is -0.932. The Balaban J connectivity index is 1.60. The number of hydrogen-bond donors (Lipinski definition) is 2. The van der Waals surface area contributed by atoms with Crippen LogP contribution in [0.2, 0.25) is 0 Å². The Morgan fingerprint density at radius 1 is 1.21 bits per heavy atom. The fourth-order valence-electron chi connectivity index (χ4n) is 3.79. The van der Waals surface area contributed by atoms with Gasteiger partial charge in [0.25, 0.3) is 0 Å². The largest absolute Gasteiger partial charge is 0.492 e. The highest BCUT2D eigenvalue weighted by atomic mass is 32.1. The number of aromatic hydroxyl groups is 1. The van der Waals surface area contributed by atoms with E-state index in [1.807, 2.05) is 6.07 Å². The van der Waals surface area contributed by atoms with Crippen molar-refractivity contribution >= 4 is 16.3 Å². The Hall–Kier alpha value is -2.68. The Kier molecular flexibility index (Phi) is 4.38. The molecule has 0 aliphatic carbocycles. The van der Waals surface area contributed by atoms with Crippen LogP contribution in [-0.4, -0.2) is 46.0 Å². The summed E-state index contributed by atoms with van der Waals surface area (Å²) in [6.07, 6.45) is 1.59. The molecule has 1 aliphatic heterocycles. The number of aryl methyl sites for hydroxylation is 1. The first-order chi connectivity index (χ1) is 13.7. The van der Waals surface area contributed by atoms with E-state index in [0.29, 0.717) is 16.5 Å². The number of furan rings is 1. The van der Waals surface area contributed by atoms with Crippen LogP contribution in [0.5, 0.6) is 5.88 Å². The van der Waals surface area contributed by atoms with Crippen LogP contribution in [-0.2, 0) is 4.74 Å². The van der Waals surface area contributed by atoms with E-state index >= 15 is 0 Å². The molecule has 2 N–H and O–H groups in total. The van der Waals surface area contributed by atoms with Gasteiger partial charge in [-0.15, -0.1) is 5.10 Å². The number of ether oxygens (including phenoxy) is 1. The molecule has 7 nitrogen and oxygen atoms in total. The third-order valence-corrected chi connectivity index (χ3v) is 6.21. The molecule has 4 aromatic rings. The molecule has 0 amide bonds. The third-order valence-electron chi connectivity index (χ3n) is 5.12. The van der Waals surface area contributed by atoms with Crippen molar-refractivity contribution in [3.8, 4) is 17.5 Å². The van der Waals surface area contributed by atoms with Crippen molar-refractivity contribution in [2.24, 2.45) is 0 Å². The van der Waals surface area contributed by atoms with Crippen molar-refractivity contribution in [1.29, 1.82) is 0 Å². The Labute approximate surface area is 165 Å². The van der Waals surface area contributed by atoms with E-state index in [4.69, 9.17) is 9.15 Å². The number of rotatable bonds is 4. The van der Waals surface area contributed by atoms with Crippen LogP contribution in [0.1, 0.15) is 22.0 Å². The van der Waals surface area contributed by atoms with E-state index < -0.39 is 0 Å². The minimum atomic E-state index is 0.0179. The second-order valence-electron chi connectivity index (χ2n) is 7.01. The number of benzene rings is 1. The van der Waals surface area contributed by atoms with E-state index in [0.717, 1.165) is 31.2 Å². The summed E-state index contributed by atoms with van der Waals surface area (Å²) in [6, 6.07) is 12.1. The summed E-state index contributed by atoms with van der Waals surface area (Å²) in [4.78, 5) is 7.47. The van der Waals surface area contributed by atoms with Crippen molar-refractivity contribution < 1.29 is 19.2 Å². The van der Waals surface area contributed by atoms with Gasteiger partial charge in [-0.05, 0) is 25.1 Å². The smallest absolute Gasteiger partial charge is 0.235 e. The predicted molar refractivity (Wildman–Crippen MR) is 105 cm³/mol. The molecule has 1 saturated heterocycles. The summed E-state index contributed by atoms with van der Waals surface area (Å²) in [7, 11) is 0. The zero-order chi connectivity index (χ0) is 19.1. The molecule has 0 unspecified atom stereocenters. The lowest BCUT2D eigenvalue weighted by atomic mass is 10.0. The summed E-state index contributed by atoms with van der Waals surface area (Å²) in [5.74, 6) is 1.21. The topological polar surface area (TPSA) is 77.2 Å². The molecule has 0 spiro atoms. The van der Waals surface area contributed by atoms with Crippen molar-refractivity contribution in [3.63, 3.8) is 0 Å². The van der Waals surface area contributed by atoms with Gasteiger partial charge >= 0.3 is 0 Å². The Morgan fingerprint density at radius 3 is 2.79 bits per heavy atom. The summed E-state index contributed by atoms with van der Waals surface area (Å²) < 4.78 is 12.5. The molecular formula is C20H21N4O3S+. The van der Waals surface area contributed by atoms with E-state index in [-0.39, 0.29) is 11.9 Å².